The summed E-state index contributed by atoms with van der Waals surface area (Å²) < 4.78 is 5.32. The number of benzene rings is 2. The maximum atomic E-state index is 12.9. The molecule has 3 rings (SSSR count). The van der Waals surface area contributed by atoms with Gasteiger partial charge in [-0.3, -0.25) is 4.79 Å². The third-order valence-electron chi connectivity index (χ3n) is 3.94. The number of aryl methyl sites for hydroxylation is 2. The Kier molecular flexibility index (Phi) is 3.65. The lowest BCUT2D eigenvalue weighted by Gasteiger charge is -2.30. The number of rotatable bonds is 2. The molecule has 0 spiro atoms. The number of amides is 1. The van der Waals surface area contributed by atoms with E-state index in [0.717, 1.165) is 25.1 Å². The van der Waals surface area contributed by atoms with Crippen LogP contribution in [0.2, 0.25) is 0 Å². The Morgan fingerprint density at radius 1 is 1.19 bits per heavy atom. The van der Waals surface area contributed by atoms with Gasteiger partial charge in [0.1, 0.15) is 5.75 Å². The monoisotopic (exact) mass is 281 g/mol. The fourth-order valence-corrected chi connectivity index (χ4v) is 2.90. The summed E-state index contributed by atoms with van der Waals surface area (Å²) >= 11 is 0. The number of anilines is 1. The minimum absolute atomic E-state index is 0.0113. The average Bonchev–Trinajstić information content (AvgIpc) is 2.53. The summed E-state index contributed by atoms with van der Waals surface area (Å²) in [4.78, 5) is 14.7. The first-order valence-electron chi connectivity index (χ1n) is 7.25. The van der Waals surface area contributed by atoms with Gasteiger partial charge in [-0.25, -0.2) is 0 Å². The number of ether oxygens (including phenoxy) is 1. The lowest BCUT2D eigenvalue weighted by atomic mass is 9.98. The van der Waals surface area contributed by atoms with Gasteiger partial charge in [-0.1, -0.05) is 29.8 Å². The van der Waals surface area contributed by atoms with Crippen molar-refractivity contribution >= 4 is 11.6 Å². The van der Waals surface area contributed by atoms with Crippen LogP contribution in [0.5, 0.6) is 5.75 Å². The SMILES string of the molecule is COc1ccccc1C(=O)N1CCCc2cc(C)ccc21. The molecule has 1 aliphatic heterocycles. The Morgan fingerprint density at radius 2 is 2.00 bits per heavy atom. The number of methoxy groups -OCH3 is 1. The molecule has 0 aromatic heterocycles. The second kappa shape index (κ2) is 5.60. The number of nitrogens with zero attached hydrogens (tertiary/aromatic N) is 1. The predicted octanol–water partition coefficient (Wildman–Crippen LogP) is 3.60. The highest BCUT2D eigenvalue weighted by Gasteiger charge is 2.25. The van der Waals surface area contributed by atoms with Crippen LogP contribution in [-0.4, -0.2) is 19.6 Å². The summed E-state index contributed by atoms with van der Waals surface area (Å²) in [6, 6.07) is 13.7. The number of fused-ring (bicyclic) bond motifs is 1. The fourth-order valence-electron chi connectivity index (χ4n) is 2.90. The zero-order valence-corrected chi connectivity index (χ0v) is 12.4. The van der Waals surface area contributed by atoms with Gasteiger partial charge < -0.3 is 9.64 Å². The number of hydrogen-bond acceptors (Lipinski definition) is 2. The molecule has 2 aromatic carbocycles. The first-order chi connectivity index (χ1) is 10.2. The van der Waals surface area contributed by atoms with Crippen molar-refractivity contribution in [1.82, 2.24) is 0 Å². The molecule has 2 aromatic rings. The quantitative estimate of drug-likeness (QED) is 0.841. The second-order valence-corrected chi connectivity index (χ2v) is 5.39. The van der Waals surface area contributed by atoms with E-state index in [1.807, 2.05) is 29.2 Å². The van der Waals surface area contributed by atoms with Gasteiger partial charge in [-0.2, -0.15) is 0 Å². The molecule has 0 fully saturated rings. The highest BCUT2D eigenvalue weighted by molar-refractivity contribution is 6.08. The molecule has 0 unspecified atom stereocenters. The van der Waals surface area contributed by atoms with Crippen molar-refractivity contribution in [1.29, 1.82) is 0 Å². The zero-order chi connectivity index (χ0) is 14.8. The minimum Gasteiger partial charge on any atom is -0.496 e. The molecular weight excluding hydrogens is 262 g/mol. The van der Waals surface area contributed by atoms with Crippen molar-refractivity contribution < 1.29 is 9.53 Å². The van der Waals surface area contributed by atoms with Crippen LogP contribution in [0.25, 0.3) is 0 Å². The molecule has 0 saturated heterocycles. The van der Waals surface area contributed by atoms with Gasteiger partial charge in [0.25, 0.3) is 5.91 Å². The van der Waals surface area contributed by atoms with Gasteiger partial charge in [0.2, 0.25) is 0 Å². The van der Waals surface area contributed by atoms with Crippen molar-refractivity contribution in [2.45, 2.75) is 19.8 Å². The van der Waals surface area contributed by atoms with Crippen LogP contribution in [0.3, 0.4) is 0 Å². The molecule has 3 heteroatoms. The summed E-state index contributed by atoms with van der Waals surface area (Å²) in [7, 11) is 1.60. The van der Waals surface area contributed by atoms with E-state index in [9.17, 15) is 4.79 Å². The van der Waals surface area contributed by atoms with E-state index in [-0.39, 0.29) is 5.91 Å². The summed E-state index contributed by atoms with van der Waals surface area (Å²) in [5.74, 6) is 0.638. The molecule has 0 N–H and O–H groups in total. The van der Waals surface area contributed by atoms with Crippen LogP contribution in [0.1, 0.15) is 27.9 Å². The van der Waals surface area contributed by atoms with Gasteiger partial charge in [0.05, 0.1) is 12.7 Å². The average molecular weight is 281 g/mol. The molecule has 1 amide bonds. The molecule has 0 bridgehead atoms. The van der Waals surface area contributed by atoms with Crippen LogP contribution in [0, 0.1) is 6.92 Å². The smallest absolute Gasteiger partial charge is 0.262 e. The second-order valence-electron chi connectivity index (χ2n) is 5.39. The number of carbonyl (C=O) groups excluding carboxylic acids is 1. The van der Waals surface area contributed by atoms with Gasteiger partial charge in [-0.05, 0) is 43.5 Å². The third-order valence-corrected chi connectivity index (χ3v) is 3.94. The molecule has 3 nitrogen and oxygen atoms in total. The van der Waals surface area contributed by atoms with Gasteiger partial charge in [0, 0.05) is 12.2 Å². The number of hydrogen-bond donors (Lipinski definition) is 0. The molecule has 21 heavy (non-hydrogen) atoms. The third kappa shape index (κ3) is 2.51. The molecule has 1 aliphatic rings. The van der Waals surface area contributed by atoms with E-state index in [1.54, 1.807) is 7.11 Å². The first-order valence-corrected chi connectivity index (χ1v) is 7.25. The molecular formula is C18H19NO2. The van der Waals surface area contributed by atoms with Crippen LogP contribution in [0.15, 0.2) is 42.5 Å². The van der Waals surface area contributed by atoms with E-state index in [1.165, 1.54) is 11.1 Å². The van der Waals surface area contributed by atoms with Crippen molar-refractivity contribution in [3.63, 3.8) is 0 Å². The Balaban J connectivity index is 2.00. The van der Waals surface area contributed by atoms with E-state index in [4.69, 9.17) is 4.74 Å². The van der Waals surface area contributed by atoms with Crippen LogP contribution in [-0.2, 0) is 6.42 Å². The summed E-state index contributed by atoms with van der Waals surface area (Å²) in [6.45, 7) is 2.84. The minimum atomic E-state index is 0.0113. The predicted molar refractivity (Wildman–Crippen MR) is 84.2 cm³/mol. The largest absolute Gasteiger partial charge is 0.496 e. The van der Waals surface area contributed by atoms with Gasteiger partial charge in [0.15, 0.2) is 0 Å². The molecule has 0 radical (unpaired) electrons. The molecule has 0 atom stereocenters. The Hall–Kier alpha value is -2.29. The summed E-state index contributed by atoms with van der Waals surface area (Å²) in [5.41, 5.74) is 4.14. The highest BCUT2D eigenvalue weighted by atomic mass is 16.5. The van der Waals surface area contributed by atoms with Crippen molar-refractivity contribution in [3.05, 3.63) is 59.2 Å². The lowest BCUT2D eigenvalue weighted by molar-refractivity contribution is 0.0982. The topological polar surface area (TPSA) is 29.5 Å². The normalized spacial score (nSPS) is 13.7. The standard InChI is InChI=1S/C18H19NO2/c1-13-9-10-16-14(12-13)6-5-11-19(16)18(20)15-7-3-4-8-17(15)21-2/h3-4,7-10,12H,5-6,11H2,1-2H3. The molecule has 0 aliphatic carbocycles. The van der Waals surface area contributed by atoms with E-state index < -0.39 is 0 Å². The van der Waals surface area contributed by atoms with E-state index >= 15 is 0 Å². The molecule has 108 valence electrons. The maximum absolute atomic E-state index is 12.9. The Morgan fingerprint density at radius 3 is 2.81 bits per heavy atom. The van der Waals surface area contributed by atoms with E-state index in [0.29, 0.717) is 11.3 Å². The maximum Gasteiger partial charge on any atom is 0.262 e. The lowest BCUT2D eigenvalue weighted by Crippen LogP contribution is -2.35. The van der Waals surface area contributed by atoms with E-state index in [2.05, 4.69) is 25.1 Å². The van der Waals surface area contributed by atoms with Crippen molar-refractivity contribution in [2.75, 3.05) is 18.6 Å². The van der Waals surface area contributed by atoms with Crippen LogP contribution < -0.4 is 9.64 Å². The highest BCUT2D eigenvalue weighted by Crippen LogP contribution is 2.30. The Labute approximate surface area is 125 Å². The summed E-state index contributed by atoms with van der Waals surface area (Å²) in [5, 5.41) is 0. The fraction of sp³-hybridized carbons (Fsp3) is 0.278. The van der Waals surface area contributed by atoms with Gasteiger partial charge in [-0.15, -0.1) is 0 Å². The van der Waals surface area contributed by atoms with Crippen molar-refractivity contribution in [2.24, 2.45) is 0 Å². The molecule has 0 saturated carbocycles. The zero-order valence-electron chi connectivity index (χ0n) is 12.4. The van der Waals surface area contributed by atoms with Crippen LogP contribution in [0.4, 0.5) is 5.69 Å². The van der Waals surface area contributed by atoms with Crippen LogP contribution >= 0.6 is 0 Å². The van der Waals surface area contributed by atoms with Gasteiger partial charge >= 0.3 is 0 Å². The number of carbonyl (C=O) groups is 1. The number of para-hydroxylation sites is 1. The first kappa shape index (κ1) is 13.7. The van der Waals surface area contributed by atoms with Crippen molar-refractivity contribution in [3.8, 4) is 5.75 Å². The summed E-state index contributed by atoms with van der Waals surface area (Å²) in [6.07, 6.45) is 2.03. The Bertz CT molecular complexity index is 679. The molecule has 1 heterocycles.